The third kappa shape index (κ3) is 2.96. The van der Waals surface area contributed by atoms with Gasteiger partial charge in [0.05, 0.1) is 13.2 Å². The Bertz CT molecular complexity index is 975. The molecule has 0 radical (unpaired) electrons. The Morgan fingerprint density at radius 2 is 1.89 bits per heavy atom. The molecular formula is C23H26N2OS. The normalized spacial score (nSPS) is 23.6. The highest BCUT2D eigenvalue weighted by atomic mass is 32.1. The maximum Gasteiger partial charge on any atom is 0.0642 e. The lowest BCUT2D eigenvalue weighted by atomic mass is 9.71. The summed E-state index contributed by atoms with van der Waals surface area (Å²) >= 11 is 1.84. The van der Waals surface area contributed by atoms with Crippen LogP contribution < -0.4 is 4.90 Å². The fourth-order valence-electron chi connectivity index (χ4n) is 4.78. The number of rotatable bonds is 2. The molecule has 0 bridgehead atoms. The summed E-state index contributed by atoms with van der Waals surface area (Å²) < 4.78 is 6.90. The molecule has 3 aromatic rings. The smallest absolute Gasteiger partial charge is 0.0642 e. The third-order valence-electron chi connectivity index (χ3n) is 6.18. The molecular weight excluding hydrogens is 352 g/mol. The van der Waals surface area contributed by atoms with Crippen molar-refractivity contribution in [2.45, 2.75) is 18.9 Å². The van der Waals surface area contributed by atoms with E-state index in [1.807, 2.05) is 11.3 Å². The summed E-state index contributed by atoms with van der Waals surface area (Å²) in [5.41, 5.74) is 5.71. The average Bonchev–Trinajstić information content (AvgIpc) is 3.16. The van der Waals surface area contributed by atoms with E-state index in [4.69, 9.17) is 4.74 Å². The first-order valence-electron chi connectivity index (χ1n) is 9.76. The molecule has 0 amide bonds. The Kier molecular flexibility index (Phi) is 4.23. The lowest BCUT2D eigenvalue weighted by molar-refractivity contribution is 0.122. The van der Waals surface area contributed by atoms with Crippen molar-refractivity contribution in [3.63, 3.8) is 0 Å². The Morgan fingerprint density at radius 3 is 2.74 bits per heavy atom. The molecule has 2 aliphatic heterocycles. The molecule has 1 atom stereocenters. The Balaban J connectivity index is 1.58. The SMILES string of the molecule is CN1Cc2cc(N3CCOCC3)ccc2C(C)(c2ccc3ccsc3c2)C1. The first kappa shape index (κ1) is 17.2. The van der Waals surface area contributed by atoms with E-state index in [9.17, 15) is 0 Å². The quantitative estimate of drug-likeness (QED) is 0.653. The van der Waals surface area contributed by atoms with Crippen LogP contribution in [0.15, 0.2) is 47.8 Å². The topological polar surface area (TPSA) is 15.7 Å². The summed E-state index contributed by atoms with van der Waals surface area (Å²) in [4.78, 5) is 4.91. The van der Waals surface area contributed by atoms with Crippen molar-refractivity contribution in [1.82, 2.24) is 4.90 Å². The molecule has 3 nitrogen and oxygen atoms in total. The average molecular weight is 379 g/mol. The van der Waals surface area contributed by atoms with Crippen molar-refractivity contribution in [2.75, 3.05) is 44.8 Å². The second-order valence-electron chi connectivity index (χ2n) is 8.12. The number of hydrogen-bond donors (Lipinski definition) is 0. The van der Waals surface area contributed by atoms with Gasteiger partial charge in [-0.1, -0.05) is 25.1 Å². The van der Waals surface area contributed by atoms with E-state index in [-0.39, 0.29) is 5.41 Å². The number of ether oxygens (including phenoxy) is 1. The number of likely N-dealkylation sites (N-methyl/N-ethyl adjacent to an activating group) is 1. The second-order valence-corrected chi connectivity index (χ2v) is 9.07. The number of fused-ring (bicyclic) bond motifs is 2. The van der Waals surface area contributed by atoms with E-state index >= 15 is 0 Å². The van der Waals surface area contributed by atoms with E-state index in [2.05, 4.69) is 71.6 Å². The minimum Gasteiger partial charge on any atom is -0.378 e. The predicted octanol–water partition coefficient (Wildman–Crippen LogP) is 4.49. The number of hydrogen-bond acceptors (Lipinski definition) is 4. The molecule has 27 heavy (non-hydrogen) atoms. The van der Waals surface area contributed by atoms with Gasteiger partial charge in [0, 0.05) is 42.0 Å². The largest absolute Gasteiger partial charge is 0.378 e. The van der Waals surface area contributed by atoms with Gasteiger partial charge in [-0.25, -0.2) is 0 Å². The van der Waals surface area contributed by atoms with E-state index in [0.29, 0.717) is 0 Å². The zero-order valence-electron chi connectivity index (χ0n) is 16.1. The molecule has 0 N–H and O–H groups in total. The van der Waals surface area contributed by atoms with Gasteiger partial charge in [0.1, 0.15) is 0 Å². The molecule has 1 fully saturated rings. The van der Waals surface area contributed by atoms with Crippen LogP contribution in [-0.4, -0.2) is 44.8 Å². The number of anilines is 1. The van der Waals surface area contributed by atoms with Gasteiger partial charge >= 0.3 is 0 Å². The van der Waals surface area contributed by atoms with Crippen molar-refractivity contribution in [2.24, 2.45) is 0 Å². The molecule has 1 unspecified atom stereocenters. The molecule has 1 aromatic heterocycles. The molecule has 4 heteroatoms. The summed E-state index contributed by atoms with van der Waals surface area (Å²) in [6.07, 6.45) is 0. The summed E-state index contributed by atoms with van der Waals surface area (Å²) in [5.74, 6) is 0. The number of thiophene rings is 1. The molecule has 2 aromatic carbocycles. The molecule has 5 rings (SSSR count). The van der Waals surface area contributed by atoms with Gasteiger partial charge in [-0.05, 0) is 58.8 Å². The van der Waals surface area contributed by atoms with Crippen LogP contribution in [0.2, 0.25) is 0 Å². The Hall–Kier alpha value is -1.88. The van der Waals surface area contributed by atoms with Gasteiger partial charge in [0.25, 0.3) is 0 Å². The maximum absolute atomic E-state index is 5.52. The molecule has 140 valence electrons. The van der Waals surface area contributed by atoms with Crippen LogP contribution in [-0.2, 0) is 16.7 Å². The van der Waals surface area contributed by atoms with Crippen LogP contribution in [0.1, 0.15) is 23.6 Å². The van der Waals surface area contributed by atoms with Gasteiger partial charge in [0.15, 0.2) is 0 Å². The maximum atomic E-state index is 5.52. The van der Waals surface area contributed by atoms with Gasteiger partial charge in [-0.2, -0.15) is 0 Å². The lowest BCUT2D eigenvalue weighted by Crippen LogP contribution is -2.43. The summed E-state index contributed by atoms with van der Waals surface area (Å²) in [6.45, 7) is 8.11. The zero-order valence-corrected chi connectivity index (χ0v) is 16.9. The van der Waals surface area contributed by atoms with Gasteiger partial charge in [-0.3, -0.25) is 0 Å². The lowest BCUT2D eigenvalue weighted by Gasteiger charge is -2.42. The van der Waals surface area contributed by atoms with Gasteiger partial charge < -0.3 is 14.5 Å². The zero-order chi connectivity index (χ0) is 18.4. The van der Waals surface area contributed by atoms with E-state index < -0.39 is 0 Å². The highest BCUT2D eigenvalue weighted by Gasteiger charge is 2.36. The van der Waals surface area contributed by atoms with Crippen molar-refractivity contribution >= 4 is 27.1 Å². The fourth-order valence-corrected chi connectivity index (χ4v) is 5.61. The van der Waals surface area contributed by atoms with E-state index in [1.165, 1.54) is 32.5 Å². The highest BCUT2D eigenvalue weighted by molar-refractivity contribution is 7.17. The molecule has 0 saturated carbocycles. The molecule has 2 aliphatic rings. The Labute approximate surface area is 165 Å². The standard InChI is InChI=1S/C23H26N2OS/c1-23(19-4-3-17-7-12-27-22(17)14-19)16-24(2)15-18-13-20(5-6-21(18)23)25-8-10-26-11-9-25/h3-7,12-14H,8-11,15-16H2,1-2H3. The Morgan fingerprint density at radius 1 is 1.04 bits per heavy atom. The summed E-state index contributed by atoms with van der Waals surface area (Å²) in [5, 5.41) is 3.53. The molecule has 1 saturated heterocycles. The van der Waals surface area contributed by atoms with Gasteiger partial charge in [0.2, 0.25) is 0 Å². The van der Waals surface area contributed by atoms with Crippen molar-refractivity contribution < 1.29 is 4.74 Å². The predicted molar refractivity (Wildman–Crippen MR) is 114 cm³/mol. The van der Waals surface area contributed by atoms with Crippen LogP contribution >= 0.6 is 11.3 Å². The van der Waals surface area contributed by atoms with Crippen LogP contribution in [0.25, 0.3) is 10.1 Å². The molecule has 0 spiro atoms. The summed E-state index contributed by atoms with van der Waals surface area (Å²) in [7, 11) is 2.24. The highest BCUT2D eigenvalue weighted by Crippen LogP contribution is 2.41. The van der Waals surface area contributed by atoms with E-state index in [0.717, 1.165) is 39.4 Å². The van der Waals surface area contributed by atoms with Crippen LogP contribution in [0, 0.1) is 0 Å². The number of morpholine rings is 1. The number of benzene rings is 2. The first-order valence-corrected chi connectivity index (χ1v) is 10.6. The minimum absolute atomic E-state index is 0.0179. The fraction of sp³-hybridized carbons (Fsp3) is 0.391. The first-order chi connectivity index (χ1) is 13.1. The van der Waals surface area contributed by atoms with Crippen LogP contribution in [0.3, 0.4) is 0 Å². The number of nitrogens with zero attached hydrogens (tertiary/aromatic N) is 2. The molecule has 3 heterocycles. The van der Waals surface area contributed by atoms with Crippen LogP contribution in [0.5, 0.6) is 0 Å². The summed E-state index contributed by atoms with van der Waals surface area (Å²) in [6, 6.07) is 16.3. The monoisotopic (exact) mass is 378 g/mol. The molecule has 0 aliphatic carbocycles. The van der Waals surface area contributed by atoms with Crippen molar-refractivity contribution in [3.8, 4) is 0 Å². The van der Waals surface area contributed by atoms with Gasteiger partial charge in [-0.15, -0.1) is 11.3 Å². The third-order valence-corrected chi connectivity index (χ3v) is 7.06. The minimum atomic E-state index is 0.0179. The van der Waals surface area contributed by atoms with Crippen molar-refractivity contribution in [3.05, 3.63) is 64.5 Å². The van der Waals surface area contributed by atoms with Crippen molar-refractivity contribution in [1.29, 1.82) is 0 Å². The van der Waals surface area contributed by atoms with E-state index in [1.54, 1.807) is 0 Å². The van der Waals surface area contributed by atoms with Crippen LogP contribution in [0.4, 0.5) is 5.69 Å². The second kappa shape index (κ2) is 6.62.